The summed E-state index contributed by atoms with van der Waals surface area (Å²) in [5, 5.41) is 0. The maximum atomic E-state index is 11.6. The Balaban J connectivity index is 2.05. The number of hydrogen-bond acceptors (Lipinski definition) is 3. The Hall–Kier alpha value is -0.890. The highest BCUT2D eigenvalue weighted by Crippen LogP contribution is 2.23. The Labute approximate surface area is 181 Å². The number of esters is 1. The minimum atomic E-state index is -0.0266. The van der Waals surface area contributed by atoms with Crippen LogP contribution in [-0.2, 0) is 9.53 Å². The lowest BCUT2D eigenvalue weighted by Crippen LogP contribution is -2.07. The Bertz CT molecular complexity index is 479. The molecule has 0 saturated heterocycles. The predicted octanol–water partition coefficient (Wildman–Crippen LogP) is 7.10. The van der Waals surface area contributed by atoms with E-state index in [-0.39, 0.29) is 5.97 Å². The maximum Gasteiger partial charge on any atom is 0.305 e. The van der Waals surface area contributed by atoms with Gasteiger partial charge in [-0.2, -0.15) is 0 Å². The molecule has 0 radical (unpaired) electrons. The molecule has 5 heteroatoms. The summed E-state index contributed by atoms with van der Waals surface area (Å²) in [5.41, 5.74) is 0. The summed E-state index contributed by atoms with van der Waals surface area (Å²) in [6.07, 6.45) is 26.4. The van der Waals surface area contributed by atoms with Gasteiger partial charge in [0, 0.05) is 24.9 Å². The van der Waals surface area contributed by atoms with Crippen LogP contribution in [0.3, 0.4) is 0 Å². The third kappa shape index (κ3) is 14.7. The lowest BCUT2D eigenvalue weighted by molar-refractivity contribution is -0.143. The maximum absolute atomic E-state index is 11.6. The van der Waals surface area contributed by atoms with Crippen LogP contribution in [0.2, 0.25) is 0 Å². The molecule has 0 aromatic carbocycles. The van der Waals surface area contributed by atoms with Gasteiger partial charge in [0.25, 0.3) is 0 Å². The highest BCUT2D eigenvalue weighted by Gasteiger charge is 2.10. The van der Waals surface area contributed by atoms with Gasteiger partial charge in [0.05, 0.1) is 12.9 Å². The van der Waals surface area contributed by atoms with E-state index in [4.69, 9.17) is 4.74 Å². The van der Waals surface area contributed by atoms with Crippen LogP contribution < -0.4 is 0 Å². The number of carbonyl (C=O) groups is 1. The highest BCUT2D eigenvalue weighted by molar-refractivity contribution is 7.16. The summed E-state index contributed by atoms with van der Waals surface area (Å²) in [4.78, 5) is 15.8. The predicted molar refractivity (Wildman–Crippen MR) is 126 cm³/mol. The van der Waals surface area contributed by atoms with Crippen molar-refractivity contribution >= 4 is 15.2 Å². The second-order valence-corrected chi connectivity index (χ2v) is 8.82. The van der Waals surface area contributed by atoms with Crippen LogP contribution in [0.5, 0.6) is 0 Å². The van der Waals surface area contributed by atoms with Crippen molar-refractivity contribution in [1.82, 2.24) is 9.55 Å². The van der Waals surface area contributed by atoms with Gasteiger partial charge in [-0.15, -0.1) is 9.24 Å². The molecule has 4 nitrogen and oxygen atoms in total. The molecule has 0 N–H and O–H groups in total. The molecule has 0 bridgehead atoms. The van der Waals surface area contributed by atoms with Gasteiger partial charge in [0.1, 0.15) is 0 Å². The summed E-state index contributed by atoms with van der Waals surface area (Å²) in [6.45, 7) is 2.84. The molecular formula is C24H45N2O2P. The van der Waals surface area contributed by atoms with Crippen molar-refractivity contribution in [2.24, 2.45) is 0 Å². The van der Waals surface area contributed by atoms with Gasteiger partial charge in [0.2, 0.25) is 0 Å². The van der Waals surface area contributed by atoms with Crippen molar-refractivity contribution < 1.29 is 9.53 Å². The minimum Gasteiger partial charge on any atom is -0.466 e. The van der Waals surface area contributed by atoms with Crippen molar-refractivity contribution in [2.45, 2.75) is 116 Å². The molecule has 2 unspecified atom stereocenters. The fourth-order valence-corrected chi connectivity index (χ4v) is 3.95. The largest absolute Gasteiger partial charge is 0.466 e. The molecule has 0 amide bonds. The Morgan fingerprint density at radius 2 is 1.55 bits per heavy atom. The first-order valence-corrected chi connectivity index (χ1v) is 12.9. The molecule has 0 aliphatic carbocycles. The zero-order valence-electron chi connectivity index (χ0n) is 18.8. The Morgan fingerprint density at radius 1 is 0.931 bits per heavy atom. The van der Waals surface area contributed by atoms with E-state index in [9.17, 15) is 4.79 Å². The third-order valence-electron chi connectivity index (χ3n) is 5.62. The van der Waals surface area contributed by atoms with Gasteiger partial charge < -0.3 is 9.30 Å². The van der Waals surface area contributed by atoms with Crippen LogP contribution in [0.1, 0.15) is 116 Å². The molecule has 0 aliphatic heterocycles. The SMILES string of the molecule is CCCCCCCCC(CCCCCCCCC(=O)OCCCP)n1ccnc1. The zero-order chi connectivity index (χ0) is 21.0. The molecule has 29 heavy (non-hydrogen) atoms. The van der Waals surface area contributed by atoms with Crippen LogP contribution in [-0.4, -0.2) is 28.3 Å². The number of ether oxygens (including phenoxy) is 1. The summed E-state index contributed by atoms with van der Waals surface area (Å²) in [5.74, 6) is -0.0266. The van der Waals surface area contributed by atoms with Gasteiger partial charge in [-0.25, -0.2) is 4.98 Å². The van der Waals surface area contributed by atoms with Crippen molar-refractivity contribution in [2.75, 3.05) is 12.8 Å². The topological polar surface area (TPSA) is 44.1 Å². The molecule has 2 atom stereocenters. The molecule has 1 heterocycles. The first-order chi connectivity index (χ1) is 14.3. The van der Waals surface area contributed by atoms with E-state index in [0.717, 1.165) is 25.4 Å². The van der Waals surface area contributed by atoms with Crippen LogP contribution >= 0.6 is 9.24 Å². The van der Waals surface area contributed by atoms with Crippen LogP contribution in [0.25, 0.3) is 0 Å². The average molecular weight is 425 g/mol. The molecule has 1 aromatic heterocycles. The lowest BCUT2D eigenvalue weighted by atomic mass is 10.00. The van der Waals surface area contributed by atoms with Gasteiger partial charge in [-0.1, -0.05) is 77.6 Å². The number of unbranched alkanes of at least 4 members (excludes halogenated alkanes) is 10. The van der Waals surface area contributed by atoms with Crippen LogP contribution in [0.15, 0.2) is 18.7 Å². The van der Waals surface area contributed by atoms with Crippen LogP contribution in [0, 0.1) is 0 Å². The number of nitrogens with zero attached hydrogens (tertiary/aromatic N) is 2. The van der Waals surface area contributed by atoms with Crippen molar-refractivity contribution in [3.63, 3.8) is 0 Å². The molecular weight excluding hydrogens is 379 g/mol. The molecule has 1 aromatic rings. The third-order valence-corrected chi connectivity index (χ3v) is 6.03. The second-order valence-electron chi connectivity index (χ2n) is 8.24. The molecule has 168 valence electrons. The number of aromatic nitrogens is 2. The zero-order valence-corrected chi connectivity index (χ0v) is 20.0. The number of carbonyl (C=O) groups excluding carboxylic acids is 1. The Morgan fingerprint density at radius 3 is 2.14 bits per heavy atom. The second kappa shape index (κ2) is 19.1. The average Bonchev–Trinajstić information content (AvgIpc) is 3.25. The van der Waals surface area contributed by atoms with Gasteiger partial charge in [0.15, 0.2) is 0 Å². The van der Waals surface area contributed by atoms with E-state index < -0.39 is 0 Å². The fraction of sp³-hybridized carbons (Fsp3) is 0.833. The number of imidazole rings is 1. The van der Waals surface area contributed by atoms with E-state index in [1.54, 1.807) is 0 Å². The number of rotatable bonds is 20. The summed E-state index contributed by atoms with van der Waals surface area (Å²) in [7, 11) is 2.66. The van der Waals surface area contributed by atoms with E-state index in [1.165, 1.54) is 77.0 Å². The van der Waals surface area contributed by atoms with Gasteiger partial charge in [-0.05, 0) is 31.8 Å². The first-order valence-electron chi connectivity index (χ1n) is 12.1. The number of hydrogen-bond donors (Lipinski definition) is 0. The van der Waals surface area contributed by atoms with E-state index >= 15 is 0 Å². The lowest BCUT2D eigenvalue weighted by Gasteiger charge is -2.18. The van der Waals surface area contributed by atoms with Gasteiger partial charge >= 0.3 is 5.97 Å². The molecule has 0 aliphatic rings. The van der Waals surface area contributed by atoms with Crippen molar-refractivity contribution in [3.05, 3.63) is 18.7 Å². The fourth-order valence-electron chi connectivity index (χ4n) is 3.79. The molecule has 0 saturated carbocycles. The molecule has 1 rings (SSSR count). The normalized spacial score (nSPS) is 12.2. The quantitative estimate of drug-likeness (QED) is 0.127. The first kappa shape index (κ1) is 26.1. The summed E-state index contributed by atoms with van der Waals surface area (Å²) >= 11 is 0. The summed E-state index contributed by atoms with van der Waals surface area (Å²) < 4.78 is 7.50. The monoisotopic (exact) mass is 424 g/mol. The van der Waals surface area contributed by atoms with Crippen molar-refractivity contribution in [1.29, 1.82) is 0 Å². The van der Waals surface area contributed by atoms with E-state index in [2.05, 4.69) is 31.9 Å². The molecule has 0 spiro atoms. The Kier molecular flexibility index (Phi) is 17.2. The van der Waals surface area contributed by atoms with Gasteiger partial charge in [-0.3, -0.25) is 4.79 Å². The standard InChI is InChI=1S/C24H45N2O2P/c1-2-3-4-5-8-11-15-23(26-19-18-25-22-26)16-12-9-6-7-10-13-17-24(27)28-20-14-21-29/h18-19,22-23H,2-17,20-21,29H2,1H3. The highest BCUT2D eigenvalue weighted by atomic mass is 31.0. The molecule has 0 fully saturated rings. The summed E-state index contributed by atoms with van der Waals surface area (Å²) in [6, 6.07) is 0.611. The van der Waals surface area contributed by atoms with Crippen molar-refractivity contribution in [3.8, 4) is 0 Å². The van der Waals surface area contributed by atoms with E-state index in [0.29, 0.717) is 19.1 Å². The van der Waals surface area contributed by atoms with E-state index in [1.807, 2.05) is 12.5 Å². The van der Waals surface area contributed by atoms with Crippen LogP contribution in [0.4, 0.5) is 0 Å². The smallest absolute Gasteiger partial charge is 0.305 e. The minimum absolute atomic E-state index is 0.0266.